The predicted octanol–water partition coefficient (Wildman–Crippen LogP) is 3.15. The average Bonchev–Trinajstić information content (AvgIpc) is 2.85. The van der Waals surface area contributed by atoms with E-state index >= 15 is 0 Å². The van der Waals surface area contributed by atoms with Crippen LogP contribution in [0.15, 0.2) is 29.4 Å². The van der Waals surface area contributed by atoms with Crippen LogP contribution >= 0.6 is 23.4 Å². The summed E-state index contributed by atoms with van der Waals surface area (Å²) in [5.74, 6) is 0. The van der Waals surface area contributed by atoms with Crippen molar-refractivity contribution in [3.63, 3.8) is 0 Å². The van der Waals surface area contributed by atoms with Gasteiger partial charge in [0.15, 0.2) is 0 Å². The molecule has 0 atom stereocenters. The lowest BCUT2D eigenvalue weighted by molar-refractivity contribution is 0.827. The third-order valence-electron chi connectivity index (χ3n) is 2.91. The van der Waals surface area contributed by atoms with Gasteiger partial charge in [-0.25, -0.2) is 9.67 Å². The van der Waals surface area contributed by atoms with Crippen LogP contribution in [0, 0.1) is 0 Å². The average molecular weight is 306 g/mol. The van der Waals surface area contributed by atoms with Crippen LogP contribution in [-0.4, -0.2) is 31.2 Å². The van der Waals surface area contributed by atoms with Gasteiger partial charge in [0.1, 0.15) is 5.52 Å². The fraction of sp³-hybridized carbons (Fsp3) is 0.231. The second-order valence-electron chi connectivity index (χ2n) is 4.16. The van der Waals surface area contributed by atoms with E-state index in [0.717, 1.165) is 23.3 Å². The van der Waals surface area contributed by atoms with Crippen LogP contribution < -0.4 is 0 Å². The zero-order chi connectivity index (χ0) is 14.1. The van der Waals surface area contributed by atoms with Gasteiger partial charge in [-0.2, -0.15) is 5.10 Å². The Balaban J connectivity index is 2.26. The highest BCUT2D eigenvalue weighted by Crippen LogP contribution is 2.22. The lowest BCUT2D eigenvalue weighted by Gasteiger charge is -2.02. The summed E-state index contributed by atoms with van der Waals surface area (Å²) >= 11 is 7.51. The van der Waals surface area contributed by atoms with E-state index in [1.54, 1.807) is 4.68 Å². The normalized spacial score (nSPS) is 11.2. The van der Waals surface area contributed by atoms with Crippen molar-refractivity contribution in [2.45, 2.75) is 18.5 Å². The molecule has 0 saturated carbocycles. The first-order valence-electron chi connectivity index (χ1n) is 6.15. The molecule has 0 unspecified atom stereocenters. The van der Waals surface area contributed by atoms with Crippen molar-refractivity contribution < 1.29 is 0 Å². The maximum absolute atomic E-state index is 6.04. The van der Waals surface area contributed by atoms with Gasteiger partial charge >= 0.3 is 0 Å². The molecule has 3 aromatic rings. The molecule has 20 heavy (non-hydrogen) atoms. The number of rotatable bonds is 3. The summed E-state index contributed by atoms with van der Waals surface area (Å²) in [4.78, 5) is 4.51. The summed E-state index contributed by atoms with van der Waals surface area (Å²) in [6.45, 7) is 2.05. The monoisotopic (exact) mass is 305 g/mol. The standard InChI is InChI=1S/C13H12ClN5S/c1-3-10-11-12(16-17-13(15-11)20-2)19(18-10)9-6-4-5-8(14)7-9/h4-7H,3H2,1-2H3. The number of halogens is 1. The molecule has 102 valence electrons. The first kappa shape index (κ1) is 13.3. The zero-order valence-electron chi connectivity index (χ0n) is 11.0. The third-order valence-corrected chi connectivity index (χ3v) is 3.69. The minimum Gasteiger partial charge on any atom is -0.216 e. The van der Waals surface area contributed by atoms with Gasteiger partial charge in [-0.3, -0.25) is 0 Å². The summed E-state index contributed by atoms with van der Waals surface area (Å²) in [6, 6.07) is 7.49. The molecule has 0 N–H and O–H groups in total. The van der Waals surface area contributed by atoms with Crippen LogP contribution in [0.1, 0.15) is 12.6 Å². The van der Waals surface area contributed by atoms with Crippen LogP contribution in [0.3, 0.4) is 0 Å². The van der Waals surface area contributed by atoms with Gasteiger partial charge < -0.3 is 0 Å². The molecular formula is C13H12ClN5S. The molecule has 0 bridgehead atoms. The molecule has 0 fully saturated rings. The first-order chi connectivity index (χ1) is 9.72. The van der Waals surface area contributed by atoms with Crippen LogP contribution in [0.4, 0.5) is 0 Å². The van der Waals surface area contributed by atoms with E-state index in [1.807, 2.05) is 37.4 Å². The molecule has 0 amide bonds. The number of fused-ring (bicyclic) bond motifs is 1. The minimum atomic E-state index is 0.651. The lowest BCUT2D eigenvalue weighted by atomic mass is 10.3. The fourth-order valence-electron chi connectivity index (χ4n) is 1.97. The highest BCUT2D eigenvalue weighted by Gasteiger charge is 2.15. The van der Waals surface area contributed by atoms with E-state index in [-0.39, 0.29) is 0 Å². The molecular weight excluding hydrogens is 294 g/mol. The highest BCUT2D eigenvalue weighted by atomic mass is 35.5. The number of hydrogen-bond acceptors (Lipinski definition) is 5. The maximum Gasteiger partial charge on any atom is 0.209 e. The van der Waals surface area contributed by atoms with Crippen LogP contribution in [0.25, 0.3) is 16.9 Å². The summed E-state index contributed by atoms with van der Waals surface area (Å²) in [7, 11) is 0. The van der Waals surface area contributed by atoms with Crippen molar-refractivity contribution >= 4 is 34.5 Å². The van der Waals surface area contributed by atoms with Gasteiger partial charge in [0.05, 0.1) is 11.4 Å². The van der Waals surface area contributed by atoms with E-state index in [4.69, 9.17) is 11.6 Å². The Labute approximate surface area is 125 Å². The Morgan fingerprint density at radius 3 is 2.85 bits per heavy atom. The molecule has 5 nitrogen and oxygen atoms in total. The largest absolute Gasteiger partial charge is 0.216 e. The molecule has 3 rings (SSSR count). The van der Waals surface area contributed by atoms with Crippen LogP contribution in [-0.2, 0) is 6.42 Å². The number of thioether (sulfide) groups is 1. The molecule has 1 aromatic carbocycles. The fourth-order valence-corrected chi connectivity index (χ4v) is 2.46. The maximum atomic E-state index is 6.04. The molecule has 2 aromatic heterocycles. The Hall–Kier alpha value is -1.66. The molecule has 0 spiro atoms. The van der Waals surface area contributed by atoms with E-state index in [0.29, 0.717) is 15.8 Å². The SMILES string of the molecule is CCc1nn(-c2cccc(Cl)c2)c2nnc(SC)nc12. The molecule has 0 aliphatic rings. The van der Waals surface area contributed by atoms with Gasteiger partial charge in [0, 0.05) is 5.02 Å². The van der Waals surface area contributed by atoms with Gasteiger partial charge in [-0.05, 0) is 30.9 Å². The summed E-state index contributed by atoms with van der Waals surface area (Å²) < 4.78 is 1.74. The molecule has 2 heterocycles. The van der Waals surface area contributed by atoms with Crippen molar-refractivity contribution in [2.24, 2.45) is 0 Å². The van der Waals surface area contributed by atoms with Gasteiger partial charge in [-0.1, -0.05) is 36.4 Å². The van der Waals surface area contributed by atoms with Crippen LogP contribution in [0.5, 0.6) is 0 Å². The number of aryl methyl sites for hydroxylation is 1. The molecule has 7 heteroatoms. The van der Waals surface area contributed by atoms with Crippen molar-refractivity contribution in [3.8, 4) is 5.69 Å². The van der Waals surface area contributed by atoms with Crippen LogP contribution in [0.2, 0.25) is 5.02 Å². The molecule has 0 aliphatic heterocycles. The summed E-state index contributed by atoms with van der Waals surface area (Å²) in [5.41, 5.74) is 3.22. The van der Waals surface area contributed by atoms with E-state index < -0.39 is 0 Å². The van der Waals surface area contributed by atoms with E-state index in [2.05, 4.69) is 20.3 Å². The quantitative estimate of drug-likeness (QED) is 0.696. The van der Waals surface area contributed by atoms with Crippen molar-refractivity contribution in [2.75, 3.05) is 6.26 Å². The Bertz CT molecular complexity index is 771. The second kappa shape index (κ2) is 5.38. The summed E-state index contributed by atoms with van der Waals surface area (Å²) in [6.07, 6.45) is 2.71. The van der Waals surface area contributed by atoms with Gasteiger partial charge in [0.2, 0.25) is 10.8 Å². The number of nitrogens with zero attached hydrogens (tertiary/aromatic N) is 5. The minimum absolute atomic E-state index is 0.651. The number of hydrogen-bond donors (Lipinski definition) is 0. The number of aromatic nitrogens is 5. The topological polar surface area (TPSA) is 56.5 Å². The van der Waals surface area contributed by atoms with Crippen molar-refractivity contribution in [3.05, 3.63) is 35.0 Å². The predicted molar refractivity (Wildman–Crippen MR) is 80.6 cm³/mol. The zero-order valence-corrected chi connectivity index (χ0v) is 12.6. The van der Waals surface area contributed by atoms with E-state index in [9.17, 15) is 0 Å². The second-order valence-corrected chi connectivity index (χ2v) is 5.37. The Morgan fingerprint density at radius 2 is 2.15 bits per heavy atom. The molecule has 0 saturated heterocycles. The highest BCUT2D eigenvalue weighted by molar-refractivity contribution is 7.98. The lowest BCUT2D eigenvalue weighted by Crippen LogP contribution is -1.99. The van der Waals surface area contributed by atoms with Crippen molar-refractivity contribution in [1.82, 2.24) is 25.0 Å². The van der Waals surface area contributed by atoms with E-state index in [1.165, 1.54) is 11.8 Å². The Morgan fingerprint density at radius 1 is 1.30 bits per heavy atom. The summed E-state index contributed by atoms with van der Waals surface area (Å²) in [5, 5.41) is 14.2. The molecule has 0 aliphatic carbocycles. The first-order valence-corrected chi connectivity index (χ1v) is 7.75. The Kier molecular flexibility index (Phi) is 3.58. The van der Waals surface area contributed by atoms with Gasteiger partial charge in [-0.15, -0.1) is 10.2 Å². The van der Waals surface area contributed by atoms with Gasteiger partial charge in [0.25, 0.3) is 0 Å². The smallest absolute Gasteiger partial charge is 0.209 e. The molecule has 0 radical (unpaired) electrons. The van der Waals surface area contributed by atoms with Crippen molar-refractivity contribution in [1.29, 1.82) is 0 Å². The number of benzene rings is 1. The third kappa shape index (κ3) is 2.25.